The van der Waals surface area contributed by atoms with Crippen molar-refractivity contribution < 1.29 is 18.0 Å². The highest BCUT2D eigenvalue weighted by molar-refractivity contribution is 7.80. The lowest BCUT2D eigenvalue weighted by Crippen LogP contribution is -2.22. The van der Waals surface area contributed by atoms with Gasteiger partial charge in [-0.05, 0) is 12.1 Å². The van der Waals surface area contributed by atoms with Gasteiger partial charge in [-0.1, -0.05) is 12.2 Å². The molecule has 0 unspecified atom stereocenters. The number of alkyl halides is 3. The lowest BCUT2D eigenvalue weighted by molar-refractivity contribution is -0.141. The molecule has 0 aliphatic heterocycles. The number of nitrogens with one attached hydrogen (secondary N) is 2. The molecule has 0 aliphatic carbocycles. The van der Waals surface area contributed by atoms with Crippen LogP contribution in [0.1, 0.15) is 17.7 Å². The number of hydrogen-bond acceptors (Lipinski definition) is 4. The van der Waals surface area contributed by atoms with Crippen LogP contribution >= 0.6 is 12.2 Å². The van der Waals surface area contributed by atoms with Gasteiger partial charge in [0, 0.05) is 20.0 Å². The molecule has 5 nitrogen and oxygen atoms in total. The number of anilines is 1. The van der Waals surface area contributed by atoms with Crippen molar-refractivity contribution in [2.45, 2.75) is 12.6 Å². The number of hydrogen-bond donors (Lipinski definition) is 3. The van der Waals surface area contributed by atoms with Crippen molar-refractivity contribution in [2.75, 3.05) is 18.9 Å². The fourth-order valence-corrected chi connectivity index (χ4v) is 1.53. The molecule has 0 atom stereocenters. The number of halogens is 3. The maximum atomic E-state index is 12.6. The predicted octanol–water partition coefficient (Wildman–Crippen LogP) is 1.28. The zero-order chi connectivity index (χ0) is 15.3. The van der Waals surface area contributed by atoms with E-state index in [-0.39, 0.29) is 35.2 Å². The second-order valence-corrected chi connectivity index (χ2v) is 4.24. The number of rotatable bonds is 5. The molecule has 1 aromatic rings. The van der Waals surface area contributed by atoms with Crippen LogP contribution in [0.4, 0.5) is 19.0 Å². The summed E-state index contributed by atoms with van der Waals surface area (Å²) in [5.74, 6) is -0.336. The highest BCUT2D eigenvalue weighted by Crippen LogP contribution is 2.29. The molecule has 9 heteroatoms. The number of carbonyl (C=O) groups is 1. The van der Waals surface area contributed by atoms with Gasteiger partial charge in [0.15, 0.2) is 0 Å². The Morgan fingerprint density at radius 1 is 1.45 bits per heavy atom. The molecular weight excluding hydrogens is 293 g/mol. The number of aromatic nitrogens is 1. The third kappa shape index (κ3) is 4.34. The van der Waals surface area contributed by atoms with E-state index in [1.54, 1.807) is 0 Å². The van der Waals surface area contributed by atoms with Crippen LogP contribution in [0.2, 0.25) is 0 Å². The van der Waals surface area contributed by atoms with Gasteiger partial charge in [-0.25, -0.2) is 4.98 Å². The summed E-state index contributed by atoms with van der Waals surface area (Å²) in [5, 5.41) is 5.03. The lowest BCUT2D eigenvalue weighted by atomic mass is 10.2. The fraction of sp³-hybridized carbons (Fsp3) is 0.364. The number of nitrogens with zero attached hydrogens (tertiary/aromatic N) is 1. The summed E-state index contributed by atoms with van der Waals surface area (Å²) in [4.78, 5) is 14.4. The third-order valence-electron chi connectivity index (χ3n) is 2.37. The van der Waals surface area contributed by atoms with Crippen molar-refractivity contribution in [3.05, 3.63) is 23.4 Å². The van der Waals surface area contributed by atoms with E-state index in [0.717, 1.165) is 12.1 Å². The minimum atomic E-state index is -4.56. The molecule has 110 valence electrons. The quantitative estimate of drug-likeness (QED) is 0.714. The topological polar surface area (TPSA) is 80.0 Å². The first-order chi connectivity index (χ1) is 9.25. The van der Waals surface area contributed by atoms with Gasteiger partial charge in [0.05, 0.1) is 5.56 Å². The summed E-state index contributed by atoms with van der Waals surface area (Å²) < 4.78 is 37.8. The Morgan fingerprint density at radius 3 is 2.60 bits per heavy atom. The minimum Gasteiger partial charge on any atom is -0.389 e. The highest BCUT2D eigenvalue weighted by Gasteiger charge is 2.33. The monoisotopic (exact) mass is 306 g/mol. The molecule has 0 radical (unpaired) electrons. The zero-order valence-corrected chi connectivity index (χ0v) is 11.4. The van der Waals surface area contributed by atoms with Crippen molar-refractivity contribution >= 4 is 28.9 Å². The average Bonchev–Trinajstić information content (AvgIpc) is 2.37. The Balaban J connectivity index is 2.95. The third-order valence-corrected chi connectivity index (χ3v) is 2.59. The minimum absolute atomic E-state index is 0.0753. The average molecular weight is 306 g/mol. The molecule has 0 aromatic carbocycles. The molecular formula is C11H13F3N4OS. The number of carbonyl (C=O) groups excluding carboxylic acids is 1. The standard InChI is InChI=1S/C11H13F3N4OS/c1-16-8(19)4-5-17-10-6(9(15)20)2-3-7(18-10)11(12,13)14/h2-3H,4-5H2,1H3,(H2,15,20)(H,16,19)(H,17,18). The van der Waals surface area contributed by atoms with Gasteiger partial charge in [-0.2, -0.15) is 13.2 Å². The van der Waals surface area contributed by atoms with Crippen LogP contribution in [0.15, 0.2) is 12.1 Å². The number of pyridine rings is 1. The Labute approximate surface area is 118 Å². The molecule has 0 saturated heterocycles. The first kappa shape index (κ1) is 16.2. The summed E-state index contributed by atoms with van der Waals surface area (Å²) in [7, 11) is 1.46. The Morgan fingerprint density at radius 2 is 2.10 bits per heavy atom. The first-order valence-corrected chi connectivity index (χ1v) is 5.99. The molecule has 0 fully saturated rings. The molecule has 1 heterocycles. The van der Waals surface area contributed by atoms with Crippen molar-refractivity contribution in [3.63, 3.8) is 0 Å². The molecule has 20 heavy (non-hydrogen) atoms. The number of amides is 1. The van der Waals surface area contributed by atoms with Crippen molar-refractivity contribution in [2.24, 2.45) is 5.73 Å². The van der Waals surface area contributed by atoms with Crippen LogP contribution in [0, 0.1) is 0 Å². The van der Waals surface area contributed by atoms with E-state index in [1.807, 2.05) is 0 Å². The summed E-state index contributed by atoms with van der Waals surface area (Å²) >= 11 is 4.75. The maximum absolute atomic E-state index is 12.6. The van der Waals surface area contributed by atoms with Gasteiger partial charge in [-0.3, -0.25) is 4.79 Å². The predicted molar refractivity (Wildman–Crippen MR) is 72.3 cm³/mol. The van der Waals surface area contributed by atoms with Gasteiger partial charge in [0.2, 0.25) is 5.91 Å². The molecule has 4 N–H and O–H groups in total. The Kier molecular flexibility index (Phi) is 5.26. The van der Waals surface area contributed by atoms with Gasteiger partial charge >= 0.3 is 6.18 Å². The van der Waals surface area contributed by atoms with Gasteiger partial charge < -0.3 is 16.4 Å². The van der Waals surface area contributed by atoms with E-state index in [9.17, 15) is 18.0 Å². The second-order valence-electron chi connectivity index (χ2n) is 3.80. The van der Waals surface area contributed by atoms with E-state index >= 15 is 0 Å². The highest BCUT2D eigenvalue weighted by atomic mass is 32.1. The first-order valence-electron chi connectivity index (χ1n) is 5.58. The fourth-order valence-electron chi connectivity index (χ4n) is 1.37. The van der Waals surface area contributed by atoms with Crippen LogP contribution < -0.4 is 16.4 Å². The second kappa shape index (κ2) is 6.51. The Bertz CT molecular complexity index is 519. The molecule has 0 spiro atoms. The number of thiocarbonyl (C=S) groups is 1. The zero-order valence-electron chi connectivity index (χ0n) is 10.5. The molecule has 0 aliphatic rings. The van der Waals surface area contributed by atoms with Crippen LogP contribution in [0.25, 0.3) is 0 Å². The smallest absolute Gasteiger partial charge is 0.389 e. The van der Waals surface area contributed by atoms with Crippen LogP contribution in [-0.2, 0) is 11.0 Å². The van der Waals surface area contributed by atoms with E-state index in [4.69, 9.17) is 18.0 Å². The SMILES string of the molecule is CNC(=O)CCNc1nc(C(F)(F)F)ccc1C(N)=S. The Hall–Kier alpha value is -1.90. The maximum Gasteiger partial charge on any atom is 0.433 e. The van der Waals surface area contributed by atoms with Gasteiger partial charge in [-0.15, -0.1) is 0 Å². The summed E-state index contributed by atoms with van der Waals surface area (Å²) in [6.07, 6.45) is -4.48. The van der Waals surface area contributed by atoms with E-state index in [1.165, 1.54) is 7.05 Å². The molecule has 0 saturated carbocycles. The number of nitrogens with two attached hydrogens (primary N) is 1. The largest absolute Gasteiger partial charge is 0.433 e. The van der Waals surface area contributed by atoms with Crippen molar-refractivity contribution in [1.82, 2.24) is 10.3 Å². The van der Waals surface area contributed by atoms with Crippen LogP contribution in [0.5, 0.6) is 0 Å². The van der Waals surface area contributed by atoms with E-state index in [2.05, 4.69) is 15.6 Å². The lowest BCUT2D eigenvalue weighted by Gasteiger charge is -2.13. The van der Waals surface area contributed by atoms with Crippen LogP contribution in [0.3, 0.4) is 0 Å². The summed E-state index contributed by atoms with van der Waals surface area (Å²) in [5.41, 5.74) is 4.57. The van der Waals surface area contributed by atoms with Crippen molar-refractivity contribution in [1.29, 1.82) is 0 Å². The molecule has 1 aromatic heterocycles. The molecule has 1 amide bonds. The molecule has 1 rings (SSSR count). The van der Waals surface area contributed by atoms with E-state index < -0.39 is 11.9 Å². The van der Waals surface area contributed by atoms with E-state index in [0.29, 0.717) is 0 Å². The molecule has 0 bridgehead atoms. The normalized spacial score (nSPS) is 11.0. The van der Waals surface area contributed by atoms with Gasteiger partial charge in [0.25, 0.3) is 0 Å². The summed E-state index contributed by atoms with van der Waals surface area (Å²) in [6, 6.07) is 1.96. The van der Waals surface area contributed by atoms with Crippen molar-refractivity contribution in [3.8, 4) is 0 Å². The van der Waals surface area contributed by atoms with Crippen LogP contribution in [-0.4, -0.2) is 29.5 Å². The summed E-state index contributed by atoms with van der Waals surface area (Å²) in [6.45, 7) is 0.115. The van der Waals surface area contributed by atoms with Gasteiger partial charge in [0.1, 0.15) is 16.5 Å².